The Kier molecular flexibility index (Phi) is 9.00. The van der Waals surface area contributed by atoms with Crippen LogP contribution in [0.25, 0.3) is 77.1 Å². The maximum Gasteiger partial charge on any atom is 0.129 e. The fourth-order valence-electron chi connectivity index (χ4n) is 7.05. The number of aryl methyl sites for hydroxylation is 1. The normalized spacial score (nSPS) is 14.3. The molecule has 9 rings (SSSR count). The quantitative estimate of drug-likeness (QED) is 0.128. The zero-order valence-corrected chi connectivity index (χ0v) is 35.3. The van der Waals surface area contributed by atoms with Gasteiger partial charge in [-0.1, -0.05) is 150 Å². The molecule has 4 heteroatoms. The summed E-state index contributed by atoms with van der Waals surface area (Å²) in [5, 5.41) is 6.75. The maximum absolute atomic E-state index is 8.60. The summed E-state index contributed by atoms with van der Waals surface area (Å²) >= 11 is 0. The molecule has 0 aliphatic carbocycles. The van der Waals surface area contributed by atoms with Gasteiger partial charge in [0.15, 0.2) is 0 Å². The topological polar surface area (TPSA) is 38.9 Å². The van der Waals surface area contributed by atoms with Crippen molar-refractivity contribution >= 4 is 43.5 Å². The average molecular weight is 928 g/mol. The minimum atomic E-state index is -2.14. The minimum absolute atomic E-state index is 0. The van der Waals surface area contributed by atoms with Gasteiger partial charge in [0, 0.05) is 52.9 Å². The van der Waals surface area contributed by atoms with E-state index in [-0.39, 0.29) is 25.7 Å². The number of aromatic nitrogens is 2. The van der Waals surface area contributed by atoms with E-state index in [1.54, 1.807) is 24.3 Å². The Hall–Kier alpha value is -5.41. The van der Waals surface area contributed by atoms with E-state index in [2.05, 4.69) is 77.8 Å². The van der Waals surface area contributed by atoms with E-state index in [9.17, 15) is 0 Å². The Morgan fingerprint density at radius 3 is 2.07 bits per heavy atom. The number of hydrogen-bond acceptors (Lipinski definition) is 3. The Morgan fingerprint density at radius 1 is 0.632 bits per heavy atom. The number of furan rings is 1. The molecule has 0 unspecified atom stereocenters. The van der Waals surface area contributed by atoms with Gasteiger partial charge in [-0.2, -0.15) is 0 Å². The molecule has 3 nitrogen and oxygen atoms in total. The maximum atomic E-state index is 8.60. The first kappa shape index (κ1) is 31.6. The van der Waals surface area contributed by atoms with E-state index in [1.807, 2.05) is 84.1 Å². The number of benzene rings is 6. The molecule has 0 saturated heterocycles. The van der Waals surface area contributed by atoms with Crippen molar-refractivity contribution in [2.75, 3.05) is 0 Å². The molecule has 287 valence electrons. The molecule has 0 spiro atoms. The summed E-state index contributed by atoms with van der Waals surface area (Å²) in [6.45, 7) is 9.19. The van der Waals surface area contributed by atoms with Crippen LogP contribution in [0.5, 0.6) is 0 Å². The molecule has 0 fully saturated rings. The first-order valence-electron chi connectivity index (χ1n) is 22.4. The molecule has 3 heterocycles. The molecule has 0 atom stereocenters. The van der Waals surface area contributed by atoms with Gasteiger partial charge in [-0.25, -0.2) is 0 Å². The molecule has 0 bridgehead atoms. The first-order chi connectivity index (χ1) is 29.6. The molecule has 3 aromatic heterocycles. The van der Waals surface area contributed by atoms with Crippen LogP contribution in [0.4, 0.5) is 0 Å². The van der Waals surface area contributed by atoms with Crippen molar-refractivity contribution < 1.29 is 34.1 Å². The van der Waals surface area contributed by atoms with Crippen molar-refractivity contribution in [3.8, 4) is 33.6 Å². The molecule has 9 aromatic rings. The SMILES string of the molecule is [2H]C([2H])([2H])c1c[c-]c(-c2ccc(C([2H])([2H])C(C)(C)C)cn2)cc1.[2H]C([2H])(c1ccc(-c2ccnc(-c3[c-]ccc4c3oc3c4ccc4ccc5ccccc5c43)c2)cc1)C(C)(C)C.[Ir]. The van der Waals surface area contributed by atoms with Gasteiger partial charge in [-0.3, -0.25) is 0 Å². The van der Waals surface area contributed by atoms with Crippen LogP contribution in [0, 0.1) is 29.8 Å². The third-order valence-corrected chi connectivity index (χ3v) is 9.43. The van der Waals surface area contributed by atoms with Crippen LogP contribution >= 0.6 is 0 Å². The summed E-state index contributed by atoms with van der Waals surface area (Å²) in [4.78, 5) is 9.01. The van der Waals surface area contributed by atoms with Gasteiger partial charge in [0.25, 0.3) is 0 Å². The summed E-state index contributed by atoms with van der Waals surface area (Å²) in [6.07, 6.45) is 0.418. The zero-order chi connectivity index (χ0) is 45.1. The standard InChI is InChI=1S/C36H28NO.C17H20N.Ir/c1-36(2,3)22-23-11-13-24(14-12-23)27-19-20-37-32(21-27)31-10-6-9-29-30-18-17-26-16-15-25-7-4-5-8-28(25)33(26)35(30)38-34(29)31;1-13-5-8-15(9-6-13)16-10-7-14(12-18-16)11-17(2,3)4;/h4-9,11-21H,22H2,1-3H3;5-8,10,12H,11H2,1-4H3;/q2*-1;/i22D2;1D3,11D2;. The van der Waals surface area contributed by atoms with Gasteiger partial charge in [0.1, 0.15) is 5.58 Å². The molecule has 57 heavy (non-hydrogen) atoms. The Balaban J connectivity index is 0.000000219. The smallest absolute Gasteiger partial charge is 0.129 e. The van der Waals surface area contributed by atoms with E-state index in [4.69, 9.17) is 19.0 Å². The van der Waals surface area contributed by atoms with Crippen LogP contribution in [0.3, 0.4) is 0 Å². The monoisotopic (exact) mass is 928 g/mol. The number of fused-ring (bicyclic) bond motifs is 7. The largest absolute Gasteiger partial charge is 0.500 e. The van der Waals surface area contributed by atoms with Crippen LogP contribution in [0.15, 0.2) is 144 Å². The molecule has 0 N–H and O–H groups in total. The van der Waals surface area contributed by atoms with Gasteiger partial charge in [0.2, 0.25) is 0 Å². The minimum Gasteiger partial charge on any atom is -0.500 e. The van der Waals surface area contributed by atoms with Crippen LogP contribution < -0.4 is 0 Å². The number of hydrogen-bond donors (Lipinski definition) is 0. The second-order valence-corrected chi connectivity index (χ2v) is 16.2. The molecular formula is C53H48IrN2O-2. The van der Waals surface area contributed by atoms with E-state index in [0.29, 0.717) is 22.4 Å². The molecule has 0 aliphatic rings. The third kappa shape index (κ3) is 8.94. The predicted molar refractivity (Wildman–Crippen MR) is 236 cm³/mol. The predicted octanol–water partition coefficient (Wildman–Crippen LogP) is 14.5. The molecule has 6 aromatic carbocycles. The van der Waals surface area contributed by atoms with Gasteiger partial charge < -0.3 is 14.4 Å². The molecule has 0 saturated carbocycles. The van der Waals surface area contributed by atoms with Crippen molar-refractivity contribution in [2.45, 2.75) is 61.1 Å². The van der Waals surface area contributed by atoms with E-state index < -0.39 is 30.4 Å². The van der Waals surface area contributed by atoms with Crippen LogP contribution in [0.2, 0.25) is 0 Å². The molecule has 0 aliphatic heterocycles. The fourth-order valence-corrected chi connectivity index (χ4v) is 7.05. The summed E-state index contributed by atoms with van der Waals surface area (Å²) < 4.78 is 62.4. The van der Waals surface area contributed by atoms with Crippen molar-refractivity contribution in [1.29, 1.82) is 0 Å². The summed E-state index contributed by atoms with van der Waals surface area (Å²) in [7, 11) is 0. The molecular weight excluding hydrogens is 873 g/mol. The van der Waals surface area contributed by atoms with E-state index >= 15 is 0 Å². The molecule has 0 amide bonds. The van der Waals surface area contributed by atoms with Gasteiger partial charge >= 0.3 is 0 Å². The van der Waals surface area contributed by atoms with Crippen molar-refractivity contribution in [3.63, 3.8) is 0 Å². The first-order valence-corrected chi connectivity index (χ1v) is 18.9. The van der Waals surface area contributed by atoms with Gasteiger partial charge in [-0.15, -0.1) is 53.6 Å². The molecule has 1 radical (unpaired) electrons. The van der Waals surface area contributed by atoms with E-state index in [1.165, 1.54) is 23.0 Å². The summed E-state index contributed by atoms with van der Waals surface area (Å²) in [5.74, 6) is 0. The second kappa shape index (κ2) is 16.2. The van der Waals surface area contributed by atoms with Crippen LogP contribution in [0.1, 0.15) is 67.8 Å². The van der Waals surface area contributed by atoms with Crippen molar-refractivity contribution in [1.82, 2.24) is 9.97 Å². The van der Waals surface area contributed by atoms with E-state index in [0.717, 1.165) is 55.1 Å². The summed E-state index contributed by atoms with van der Waals surface area (Å²) in [5.41, 5.74) is 6.98. The Bertz CT molecular complexity index is 3110. The Morgan fingerprint density at radius 2 is 1.35 bits per heavy atom. The van der Waals surface area contributed by atoms with Crippen LogP contribution in [-0.4, -0.2) is 9.97 Å². The number of nitrogens with zero attached hydrogens (tertiary/aromatic N) is 2. The van der Waals surface area contributed by atoms with Crippen LogP contribution in [-0.2, 0) is 32.9 Å². The summed E-state index contributed by atoms with van der Waals surface area (Å²) in [6, 6.07) is 47.3. The average Bonchev–Trinajstić information content (AvgIpc) is 3.65. The second-order valence-electron chi connectivity index (χ2n) is 16.2. The third-order valence-electron chi connectivity index (χ3n) is 9.43. The number of pyridine rings is 2. The zero-order valence-electron chi connectivity index (χ0n) is 39.9. The van der Waals surface area contributed by atoms with Crippen molar-refractivity contribution in [2.24, 2.45) is 10.8 Å². The number of rotatable bonds is 5. The van der Waals surface area contributed by atoms with Gasteiger partial charge in [-0.05, 0) is 79.4 Å². The van der Waals surface area contributed by atoms with Gasteiger partial charge in [0.05, 0.1) is 5.58 Å². The Labute approximate surface area is 360 Å². The van der Waals surface area contributed by atoms with Crippen molar-refractivity contribution in [3.05, 3.63) is 169 Å². The fraction of sp³-hybridized carbons (Fsp3) is 0.208.